The zero-order valence-corrected chi connectivity index (χ0v) is 23.0. The minimum Gasteiger partial charge on any atom is -0.487 e. The molecule has 3 N–H and O–H groups in total. The average Bonchev–Trinajstić information content (AvgIpc) is 3.53. The van der Waals surface area contributed by atoms with Crippen molar-refractivity contribution in [2.45, 2.75) is 32.7 Å². The summed E-state index contributed by atoms with van der Waals surface area (Å²) in [5.41, 5.74) is 12.4. The van der Waals surface area contributed by atoms with Crippen LogP contribution in [0.5, 0.6) is 5.75 Å². The van der Waals surface area contributed by atoms with Crippen molar-refractivity contribution in [3.8, 4) is 5.75 Å². The number of carbonyl (C=O) groups is 1. The minimum atomic E-state index is -1.12. The number of rotatable bonds is 10. The first-order valence-corrected chi connectivity index (χ1v) is 13.6. The van der Waals surface area contributed by atoms with Crippen LogP contribution in [-0.2, 0) is 24.5 Å². The van der Waals surface area contributed by atoms with Crippen LogP contribution in [0.25, 0.3) is 10.9 Å². The molecular weight excluding hydrogens is 542 g/mol. The fourth-order valence-electron chi connectivity index (χ4n) is 4.82. The molecule has 3 aromatic carbocycles. The SMILES string of the molecule is Cc1ccc2c(c1)C(O)C(=O)N2CCn1cc(COc2ccc(CNNc3ccnc4cc(Cl)ccc34)cc2)nn1. The molecule has 0 fully saturated rings. The van der Waals surface area contributed by atoms with Crippen LogP contribution in [0.15, 0.2) is 79.1 Å². The van der Waals surface area contributed by atoms with Crippen molar-refractivity contribution >= 4 is 39.8 Å². The van der Waals surface area contributed by atoms with Crippen LogP contribution in [0.3, 0.4) is 0 Å². The Labute approximate surface area is 241 Å². The van der Waals surface area contributed by atoms with Crippen LogP contribution in [0.2, 0.25) is 5.02 Å². The van der Waals surface area contributed by atoms with Gasteiger partial charge in [0.2, 0.25) is 0 Å². The van der Waals surface area contributed by atoms with E-state index in [0.717, 1.165) is 39.2 Å². The number of halogens is 1. The first-order chi connectivity index (χ1) is 19.9. The summed E-state index contributed by atoms with van der Waals surface area (Å²) in [7, 11) is 0. The number of anilines is 2. The highest BCUT2D eigenvalue weighted by Crippen LogP contribution is 2.36. The van der Waals surface area contributed by atoms with E-state index >= 15 is 0 Å². The van der Waals surface area contributed by atoms with Crippen LogP contribution in [0.1, 0.15) is 28.5 Å². The molecule has 1 aliphatic rings. The molecule has 3 heterocycles. The number of carbonyl (C=O) groups excluding carboxylic acids is 1. The third-order valence-electron chi connectivity index (χ3n) is 6.94. The maximum atomic E-state index is 12.6. The van der Waals surface area contributed by atoms with Gasteiger partial charge >= 0.3 is 0 Å². The maximum Gasteiger partial charge on any atom is 0.260 e. The summed E-state index contributed by atoms with van der Waals surface area (Å²) in [6.45, 7) is 3.63. The van der Waals surface area contributed by atoms with Crippen LogP contribution in [0, 0.1) is 6.92 Å². The molecule has 11 heteroatoms. The highest BCUT2D eigenvalue weighted by Gasteiger charge is 2.35. The zero-order chi connectivity index (χ0) is 28.3. The Morgan fingerprint density at radius 3 is 2.76 bits per heavy atom. The van der Waals surface area contributed by atoms with E-state index < -0.39 is 6.10 Å². The monoisotopic (exact) mass is 569 g/mol. The number of nitrogens with one attached hydrogen (secondary N) is 2. The number of pyridine rings is 1. The Morgan fingerprint density at radius 2 is 1.90 bits per heavy atom. The molecule has 2 aromatic heterocycles. The van der Waals surface area contributed by atoms with E-state index in [0.29, 0.717) is 35.9 Å². The molecule has 6 rings (SSSR count). The number of aromatic nitrogens is 4. The van der Waals surface area contributed by atoms with Gasteiger partial charge in [-0.3, -0.25) is 14.5 Å². The Balaban J connectivity index is 0.977. The normalized spacial score (nSPS) is 14.5. The van der Waals surface area contributed by atoms with Gasteiger partial charge in [-0.1, -0.05) is 46.6 Å². The molecule has 1 aliphatic heterocycles. The van der Waals surface area contributed by atoms with Crippen molar-refractivity contribution in [1.29, 1.82) is 0 Å². The predicted octanol–water partition coefficient (Wildman–Crippen LogP) is 4.56. The Kier molecular flexibility index (Phi) is 7.51. The van der Waals surface area contributed by atoms with Gasteiger partial charge in [-0.2, -0.15) is 0 Å². The van der Waals surface area contributed by atoms with Gasteiger partial charge in [-0.05, 0) is 55.0 Å². The van der Waals surface area contributed by atoms with E-state index in [-0.39, 0.29) is 12.5 Å². The van der Waals surface area contributed by atoms with Crippen molar-refractivity contribution in [2.24, 2.45) is 0 Å². The van der Waals surface area contributed by atoms with E-state index in [1.807, 2.05) is 73.7 Å². The fraction of sp³-hybridized carbons (Fsp3) is 0.200. The van der Waals surface area contributed by atoms with E-state index in [1.165, 1.54) is 0 Å². The summed E-state index contributed by atoms with van der Waals surface area (Å²) in [6.07, 6.45) is 2.42. The van der Waals surface area contributed by atoms with Crippen molar-refractivity contribution in [1.82, 2.24) is 25.4 Å². The van der Waals surface area contributed by atoms with Gasteiger partial charge < -0.3 is 20.2 Å². The number of benzene rings is 3. The molecule has 0 aliphatic carbocycles. The van der Waals surface area contributed by atoms with E-state index in [2.05, 4.69) is 26.1 Å². The number of aliphatic hydroxyl groups is 1. The molecule has 1 amide bonds. The van der Waals surface area contributed by atoms with E-state index in [1.54, 1.807) is 22.0 Å². The number of hydrogen-bond acceptors (Lipinski definition) is 8. The summed E-state index contributed by atoms with van der Waals surface area (Å²) in [4.78, 5) is 18.5. The second-order valence-electron chi connectivity index (χ2n) is 9.86. The lowest BCUT2D eigenvalue weighted by Crippen LogP contribution is -2.32. The molecule has 1 atom stereocenters. The second-order valence-corrected chi connectivity index (χ2v) is 10.3. The highest BCUT2D eigenvalue weighted by molar-refractivity contribution is 6.31. The molecule has 0 bridgehead atoms. The van der Waals surface area contributed by atoms with Crippen LogP contribution >= 0.6 is 11.6 Å². The van der Waals surface area contributed by atoms with Crippen LogP contribution < -0.4 is 20.5 Å². The quantitative estimate of drug-likeness (QED) is 0.210. The topological polar surface area (TPSA) is 117 Å². The van der Waals surface area contributed by atoms with Crippen molar-refractivity contribution in [3.63, 3.8) is 0 Å². The predicted molar refractivity (Wildman–Crippen MR) is 157 cm³/mol. The summed E-state index contributed by atoms with van der Waals surface area (Å²) in [6, 6.07) is 21.0. The molecule has 0 spiro atoms. The maximum absolute atomic E-state index is 12.6. The van der Waals surface area contributed by atoms with Gasteiger partial charge in [0.05, 0.1) is 29.6 Å². The third kappa shape index (κ3) is 5.85. The minimum absolute atomic E-state index is 0.266. The molecule has 5 aromatic rings. The molecule has 41 heavy (non-hydrogen) atoms. The van der Waals surface area contributed by atoms with Crippen molar-refractivity contribution in [3.05, 3.63) is 107 Å². The first-order valence-electron chi connectivity index (χ1n) is 13.2. The molecule has 208 valence electrons. The number of fused-ring (bicyclic) bond motifs is 2. The van der Waals surface area contributed by atoms with Gasteiger partial charge in [0.25, 0.3) is 5.91 Å². The Morgan fingerprint density at radius 1 is 1.05 bits per heavy atom. The van der Waals surface area contributed by atoms with Gasteiger partial charge in [-0.15, -0.1) is 5.10 Å². The molecular formula is C30H28ClN7O3. The van der Waals surface area contributed by atoms with E-state index in [9.17, 15) is 9.90 Å². The molecule has 0 radical (unpaired) electrons. The summed E-state index contributed by atoms with van der Waals surface area (Å²) in [5.74, 6) is 0.400. The van der Waals surface area contributed by atoms with Crippen molar-refractivity contribution in [2.75, 3.05) is 16.9 Å². The lowest BCUT2D eigenvalue weighted by atomic mass is 10.1. The van der Waals surface area contributed by atoms with Gasteiger partial charge in [0, 0.05) is 35.3 Å². The summed E-state index contributed by atoms with van der Waals surface area (Å²) in [5, 5.41) is 20.3. The summed E-state index contributed by atoms with van der Waals surface area (Å²) >= 11 is 6.07. The highest BCUT2D eigenvalue weighted by atomic mass is 35.5. The number of hydrogen-bond donors (Lipinski definition) is 3. The Bertz CT molecular complexity index is 1710. The number of aliphatic hydroxyl groups excluding tert-OH is 1. The third-order valence-corrected chi connectivity index (χ3v) is 7.17. The van der Waals surface area contributed by atoms with Crippen LogP contribution in [0.4, 0.5) is 11.4 Å². The zero-order valence-electron chi connectivity index (χ0n) is 22.3. The summed E-state index contributed by atoms with van der Waals surface area (Å²) < 4.78 is 7.57. The molecule has 0 saturated carbocycles. The second kappa shape index (κ2) is 11.5. The smallest absolute Gasteiger partial charge is 0.260 e. The van der Waals surface area contributed by atoms with Gasteiger partial charge in [0.1, 0.15) is 18.1 Å². The lowest BCUT2D eigenvalue weighted by molar-refractivity contribution is -0.125. The van der Waals surface area contributed by atoms with Gasteiger partial charge in [-0.25, -0.2) is 5.43 Å². The average molecular weight is 570 g/mol. The fourth-order valence-corrected chi connectivity index (χ4v) is 4.98. The number of nitrogens with zero attached hydrogens (tertiary/aromatic N) is 5. The van der Waals surface area contributed by atoms with E-state index in [4.69, 9.17) is 16.3 Å². The lowest BCUT2D eigenvalue weighted by Gasteiger charge is -2.17. The van der Waals surface area contributed by atoms with Gasteiger partial charge in [0.15, 0.2) is 6.10 Å². The standard InChI is InChI=1S/C30H28ClN7O3/c1-19-2-9-28-25(14-19)29(39)30(40)38(28)13-12-37-17-22(34-36-37)18-41-23-6-3-20(4-7-23)16-33-35-26-10-11-32-27-15-21(31)5-8-24(26)27/h2-11,14-15,17,29,33,39H,12-13,16,18H2,1H3,(H,32,35). The van der Waals surface area contributed by atoms with Crippen molar-refractivity contribution < 1.29 is 14.6 Å². The Hall–Kier alpha value is -4.51. The number of ether oxygens (including phenoxy) is 1. The molecule has 10 nitrogen and oxygen atoms in total. The van der Waals surface area contributed by atoms with Crippen LogP contribution in [-0.4, -0.2) is 37.5 Å². The number of aryl methyl sites for hydroxylation is 1. The molecule has 1 unspecified atom stereocenters. The first kappa shape index (κ1) is 26.7. The molecule has 0 saturated heterocycles. The largest absolute Gasteiger partial charge is 0.487 e. The number of hydrazine groups is 1. The number of amides is 1.